The molecule has 3 rings (SSSR count). The molecular formula is C15H17Cl2N3O2. The van der Waals surface area contributed by atoms with Gasteiger partial charge in [0, 0.05) is 26.2 Å². The Morgan fingerprint density at radius 2 is 1.77 bits per heavy atom. The Hall–Kier alpha value is -1.14. The summed E-state index contributed by atoms with van der Waals surface area (Å²) in [5.74, 6) is -0.434. The first kappa shape index (κ1) is 15.7. The van der Waals surface area contributed by atoms with Gasteiger partial charge in [0.15, 0.2) is 0 Å². The summed E-state index contributed by atoms with van der Waals surface area (Å²) >= 11 is 12.1. The molecule has 2 saturated heterocycles. The first-order valence-electron chi connectivity index (χ1n) is 7.22. The van der Waals surface area contributed by atoms with E-state index in [1.54, 1.807) is 18.2 Å². The standard InChI is InChI=1S/C15H17Cl2N3O2/c1-18-5-7-19(8-6-18)12-9-13(21)20(15(12)22)11-4-2-3-10(16)14(11)17/h2-4,12H,5-9H2,1H3/t12-/m1/s1. The number of hydrogen-bond donors (Lipinski definition) is 0. The molecular weight excluding hydrogens is 325 g/mol. The summed E-state index contributed by atoms with van der Waals surface area (Å²) in [4.78, 5) is 30.5. The molecule has 7 heteroatoms. The van der Waals surface area contributed by atoms with Crippen molar-refractivity contribution >= 4 is 40.7 Å². The maximum atomic E-state index is 12.7. The monoisotopic (exact) mass is 341 g/mol. The predicted octanol–water partition coefficient (Wildman–Crippen LogP) is 1.87. The molecule has 2 aliphatic heterocycles. The van der Waals surface area contributed by atoms with Crippen LogP contribution in [0.3, 0.4) is 0 Å². The minimum absolute atomic E-state index is 0.200. The van der Waals surface area contributed by atoms with Crippen molar-refractivity contribution in [3.63, 3.8) is 0 Å². The Bertz CT molecular complexity index is 615. The van der Waals surface area contributed by atoms with Crippen LogP contribution in [0.5, 0.6) is 0 Å². The van der Waals surface area contributed by atoms with E-state index in [-0.39, 0.29) is 23.3 Å². The maximum absolute atomic E-state index is 12.7. The molecule has 1 atom stereocenters. The average Bonchev–Trinajstić information content (AvgIpc) is 2.78. The number of rotatable bonds is 2. The van der Waals surface area contributed by atoms with Crippen LogP contribution in [0.15, 0.2) is 18.2 Å². The van der Waals surface area contributed by atoms with Crippen molar-refractivity contribution in [3.05, 3.63) is 28.2 Å². The third kappa shape index (κ3) is 2.74. The van der Waals surface area contributed by atoms with E-state index in [0.717, 1.165) is 26.2 Å². The van der Waals surface area contributed by atoms with Gasteiger partial charge in [0.1, 0.15) is 0 Å². The SMILES string of the molecule is CN1CCN([C@@H]2CC(=O)N(c3cccc(Cl)c3Cl)C2=O)CC1. The summed E-state index contributed by atoms with van der Waals surface area (Å²) in [6.45, 7) is 3.38. The average molecular weight is 342 g/mol. The molecule has 2 heterocycles. The third-order valence-electron chi connectivity index (χ3n) is 4.27. The van der Waals surface area contributed by atoms with Gasteiger partial charge in [-0.15, -0.1) is 0 Å². The molecule has 0 N–H and O–H groups in total. The molecule has 2 fully saturated rings. The van der Waals surface area contributed by atoms with Crippen LogP contribution >= 0.6 is 23.2 Å². The summed E-state index contributed by atoms with van der Waals surface area (Å²) in [5.41, 5.74) is 0.376. The summed E-state index contributed by atoms with van der Waals surface area (Å²) in [5, 5.41) is 0.577. The zero-order valence-electron chi connectivity index (χ0n) is 12.3. The van der Waals surface area contributed by atoms with Gasteiger partial charge in [-0.3, -0.25) is 14.5 Å². The van der Waals surface area contributed by atoms with E-state index in [4.69, 9.17) is 23.2 Å². The number of benzene rings is 1. The zero-order valence-corrected chi connectivity index (χ0v) is 13.8. The number of hydrogen-bond acceptors (Lipinski definition) is 4. The summed E-state index contributed by atoms with van der Waals surface area (Å²) < 4.78 is 0. The second-order valence-electron chi connectivity index (χ2n) is 5.70. The summed E-state index contributed by atoms with van der Waals surface area (Å²) in [6.07, 6.45) is 0.200. The van der Waals surface area contributed by atoms with Crippen molar-refractivity contribution in [2.45, 2.75) is 12.5 Å². The summed E-state index contributed by atoms with van der Waals surface area (Å²) in [7, 11) is 2.05. The quantitative estimate of drug-likeness (QED) is 0.770. The van der Waals surface area contributed by atoms with Gasteiger partial charge in [-0.2, -0.15) is 0 Å². The van der Waals surface area contributed by atoms with E-state index in [1.807, 2.05) is 0 Å². The van der Waals surface area contributed by atoms with Crippen molar-refractivity contribution in [3.8, 4) is 0 Å². The first-order valence-corrected chi connectivity index (χ1v) is 7.98. The largest absolute Gasteiger partial charge is 0.304 e. The van der Waals surface area contributed by atoms with Gasteiger partial charge < -0.3 is 4.90 Å². The van der Waals surface area contributed by atoms with E-state index < -0.39 is 6.04 Å². The van der Waals surface area contributed by atoms with Crippen LogP contribution in [0.4, 0.5) is 5.69 Å². The fraction of sp³-hybridized carbons (Fsp3) is 0.467. The number of piperazine rings is 1. The Balaban J connectivity index is 1.84. The van der Waals surface area contributed by atoms with Crippen LogP contribution < -0.4 is 4.90 Å². The highest BCUT2D eigenvalue weighted by Crippen LogP contribution is 2.35. The molecule has 0 bridgehead atoms. The van der Waals surface area contributed by atoms with Gasteiger partial charge in [0.05, 0.1) is 28.2 Å². The minimum Gasteiger partial charge on any atom is -0.304 e. The van der Waals surface area contributed by atoms with Crippen LogP contribution in [0, 0.1) is 0 Å². The van der Waals surface area contributed by atoms with E-state index in [0.29, 0.717) is 10.7 Å². The first-order chi connectivity index (χ1) is 10.5. The maximum Gasteiger partial charge on any atom is 0.251 e. The number of amides is 2. The van der Waals surface area contributed by atoms with Gasteiger partial charge in [0.25, 0.3) is 5.91 Å². The molecule has 0 saturated carbocycles. The Morgan fingerprint density at radius 3 is 2.45 bits per heavy atom. The molecule has 0 unspecified atom stereocenters. The van der Waals surface area contributed by atoms with Crippen LogP contribution in [0.1, 0.15) is 6.42 Å². The van der Waals surface area contributed by atoms with E-state index in [9.17, 15) is 9.59 Å². The Morgan fingerprint density at radius 1 is 1.09 bits per heavy atom. The van der Waals surface area contributed by atoms with Crippen LogP contribution in [0.25, 0.3) is 0 Å². The second-order valence-corrected chi connectivity index (χ2v) is 6.48. The molecule has 22 heavy (non-hydrogen) atoms. The lowest BCUT2D eigenvalue weighted by atomic mass is 10.2. The topological polar surface area (TPSA) is 43.9 Å². The molecule has 0 aliphatic carbocycles. The van der Waals surface area contributed by atoms with Crippen LogP contribution in [0.2, 0.25) is 10.0 Å². The lowest BCUT2D eigenvalue weighted by Gasteiger charge is -2.35. The number of nitrogens with zero attached hydrogens (tertiary/aromatic N) is 3. The highest BCUT2D eigenvalue weighted by molar-refractivity contribution is 6.44. The van der Waals surface area contributed by atoms with Crippen molar-refractivity contribution in [1.29, 1.82) is 0 Å². The molecule has 0 spiro atoms. The number of imide groups is 1. The number of halogens is 2. The molecule has 118 valence electrons. The number of likely N-dealkylation sites (N-methyl/N-ethyl adjacent to an activating group) is 1. The lowest BCUT2D eigenvalue weighted by Crippen LogP contribution is -2.51. The lowest BCUT2D eigenvalue weighted by molar-refractivity contribution is -0.123. The molecule has 1 aromatic rings. The Labute approximate surface area is 139 Å². The van der Waals surface area contributed by atoms with Gasteiger partial charge in [0.2, 0.25) is 5.91 Å². The van der Waals surface area contributed by atoms with Gasteiger partial charge in [-0.05, 0) is 19.2 Å². The van der Waals surface area contributed by atoms with Crippen molar-refractivity contribution < 1.29 is 9.59 Å². The molecule has 5 nitrogen and oxygen atoms in total. The van der Waals surface area contributed by atoms with Gasteiger partial charge >= 0.3 is 0 Å². The molecule has 0 radical (unpaired) electrons. The van der Waals surface area contributed by atoms with E-state index in [2.05, 4.69) is 16.8 Å². The smallest absolute Gasteiger partial charge is 0.251 e. The minimum atomic E-state index is -0.392. The molecule has 2 aliphatic rings. The van der Waals surface area contributed by atoms with Crippen molar-refractivity contribution in [2.24, 2.45) is 0 Å². The predicted molar refractivity (Wildman–Crippen MR) is 86.4 cm³/mol. The van der Waals surface area contributed by atoms with E-state index in [1.165, 1.54) is 4.90 Å². The second kappa shape index (κ2) is 6.16. The molecule has 2 amide bonds. The molecule has 0 aromatic heterocycles. The number of anilines is 1. The molecule has 1 aromatic carbocycles. The zero-order chi connectivity index (χ0) is 15.9. The fourth-order valence-corrected chi connectivity index (χ4v) is 3.33. The van der Waals surface area contributed by atoms with Crippen molar-refractivity contribution in [1.82, 2.24) is 9.80 Å². The summed E-state index contributed by atoms with van der Waals surface area (Å²) in [6, 6.07) is 4.58. The van der Waals surface area contributed by atoms with Gasteiger partial charge in [-0.1, -0.05) is 29.3 Å². The number of carbonyl (C=O) groups is 2. The Kier molecular flexibility index (Phi) is 4.41. The number of carbonyl (C=O) groups excluding carboxylic acids is 2. The fourth-order valence-electron chi connectivity index (χ4n) is 2.95. The van der Waals surface area contributed by atoms with Gasteiger partial charge in [-0.25, -0.2) is 4.90 Å². The van der Waals surface area contributed by atoms with Crippen LogP contribution in [-0.2, 0) is 9.59 Å². The highest BCUT2D eigenvalue weighted by atomic mass is 35.5. The van der Waals surface area contributed by atoms with E-state index >= 15 is 0 Å². The highest BCUT2D eigenvalue weighted by Gasteiger charge is 2.43. The third-order valence-corrected chi connectivity index (χ3v) is 5.08. The van der Waals surface area contributed by atoms with Crippen LogP contribution in [-0.4, -0.2) is 60.9 Å². The normalized spacial score (nSPS) is 24.3. The van der Waals surface area contributed by atoms with Crippen molar-refractivity contribution in [2.75, 3.05) is 38.1 Å².